The van der Waals surface area contributed by atoms with Gasteiger partial charge in [0.05, 0.1) is 15.6 Å². The molecule has 3 N–H and O–H groups in total. The molecule has 3 aromatic rings. The predicted octanol–water partition coefficient (Wildman–Crippen LogP) is 4.27. The Hall–Kier alpha value is -3.35. The molecule has 37 heavy (non-hydrogen) atoms. The summed E-state index contributed by atoms with van der Waals surface area (Å²) >= 11 is 1.34. The fraction of sp³-hybridized carbons (Fsp3) is 0.480. The largest absolute Gasteiger partial charge is 0.481 e. The quantitative estimate of drug-likeness (QED) is 0.348. The summed E-state index contributed by atoms with van der Waals surface area (Å²) in [6.45, 7) is 5.47. The number of aromatic nitrogens is 3. The van der Waals surface area contributed by atoms with E-state index in [1.807, 2.05) is 30.9 Å². The van der Waals surface area contributed by atoms with Crippen molar-refractivity contribution in [2.75, 3.05) is 44.1 Å². The number of urea groups is 1. The van der Waals surface area contributed by atoms with E-state index >= 15 is 0 Å². The monoisotopic (exact) mass is 528 g/mol. The van der Waals surface area contributed by atoms with Crippen molar-refractivity contribution in [3.63, 3.8) is 0 Å². The molecule has 11 nitrogen and oxygen atoms in total. The molecular weight excluding hydrogens is 496 g/mol. The molecule has 2 amide bonds. The van der Waals surface area contributed by atoms with Crippen LogP contribution < -0.4 is 15.5 Å². The lowest BCUT2D eigenvalue weighted by molar-refractivity contribution is -0.150. The van der Waals surface area contributed by atoms with Crippen LogP contribution in [0.5, 0.6) is 0 Å². The summed E-state index contributed by atoms with van der Waals surface area (Å²) in [4.78, 5) is 39.5. The zero-order valence-electron chi connectivity index (χ0n) is 21.4. The SMILES string of the molecule is CCNC(=O)Nc1nc2cc(-c3cnc(N4CCC(CC)(C(=O)O)CC4)nc3)cc(C(OC)OC)c2s1. The molecule has 0 unspecified atom stereocenters. The number of piperidine rings is 1. The summed E-state index contributed by atoms with van der Waals surface area (Å²) in [6, 6.07) is 3.55. The molecule has 0 atom stereocenters. The molecule has 2 aromatic heterocycles. The fourth-order valence-electron chi connectivity index (χ4n) is 4.59. The lowest BCUT2D eigenvalue weighted by atomic mass is 9.76. The van der Waals surface area contributed by atoms with E-state index < -0.39 is 17.7 Å². The van der Waals surface area contributed by atoms with E-state index in [1.54, 1.807) is 26.6 Å². The molecule has 198 valence electrons. The van der Waals surface area contributed by atoms with Crippen molar-refractivity contribution in [2.45, 2.75) is 39.4 Å². The first-order valence-corrected chi connectivity index (χ1v) is 13.0. The van der Waals surface area contributed by atoms with Crippen molar-refractivity contribution in [3.8, 4) is 11.1 Å². The van der Waals surface area contributed by atoms with Crippen molar-refractivity contribution in [2.24, 2.45) is 5.41 Å². The van der Waals surface area contributed by atoms with Gasteiger partial charge in [-0.05, 0) is 43.9 Å². The number of amides is 2. The summed E-state index contributed by atoms with van der Waals surface area (Å²) < 4.78 is 11.9. The van der Waals surface area contributed by atoms with Crippen molar-refractivity contribution in [1.29, 1.82) is 0 Å². The van der Waals surface area contributed by atoms with Crippen LogP contribution >= 0.6 is 11.3 Å². The van der Waals surface area contributed by atoms with Crippen molar-refractivity contribution < 1.29 is 24.2 Å². The van der Waals surface area contributed by atoms with Crippen molar-refractivity contribution in [3.05, 3.63) is 30.1 Å². The highest BCUT2D eigenvalue weighted by Crippen LogP contribution is 2.38. The average Bonchev–Trinajstić information content (AvgIpc) is 3.31. The molecular formula is C25H32N6O5S. The highest BCUT2D eigenvalue weighted by Gasteiger charge is 2.40. The lowest BCUT2D eigenvalue weighted by Gasteiger charge is -2.38. The maximum Gasteiger partial charge on any atom is 0.321 e. The number of aliphatic carboxylic acids is 1. The normalized spacial score (nSPS) is 15.2. The summed E-state index contributed by atoms with van der Waals surface area (Å²) in [5.74, 6) is -0.150. The van der Waals surface area contributed by atoms with Crippen LogP contribution in [0.1, 0.15) is 45.0 Å². The molecule has 0 radical (unpaired) electrons. The third kappa shape index (κ3) is 5.50. The van der Waals surface area contributed by atoms with Crippen LogP contribution in [0.3, 0.4) is 0 Å². The molecule has 3 heterocycles. The molecule has 1 aliphatic heterocycles. The number of thiazole rings is 1. The highest BCUT2D eigenvalue weighted by atomic mass is 32.1. The van der Waals surface area contributed by atoms with Gasteiger partial charge in [0.1, 0.15) is 0 Å². The van der Waals surface area contributed by atoms with Gasteiger partial charge < -0.3 is 24.8 Å². The molecule has 1 saturated heterocycles. The number of ether oxygens (including phenoxy) is 2. The van der Waals surface area contributed by atoms with E-state index in [0.717, 1.165) is 21.4 Å². The topological polar surface area (TPSA) is 139 Å². The number of nitrogens with one attached hydrogen (secondary N) is 2. The molecule has 1 aromatic carbocycles. The maximum absolute atomic E-state index is 12.0. The van der Waals surface area contributed by atoms with Gasteiger partial charge in [-0.25, -0.2) is 19.7 Å². The van der Waals surface area contributed by atoms with Crippen LogP contribution in [0.15, 0.2) is 24.5 Å². The number of benzene rings is 1. The standard InChI is InChI=1S/C25H32N6O5S/c1-5-25(21(32)33)7-9-31(10-8-25)22-27-13-16(14-28-22)15-11-17(20(35-3)36-4)19-18(12-15)29-24(37-19)30-23(34)26-6-2/h11-14,20H,5-10H2,1-4H3,(H,32,33)(H2,26,29,30,34). The molecule has 0 bridgehead atoms. The minimum atomic E-state index is -0.728. The van der Waals surface area contributed by atoms with Gasteiger partial charge >= 0.3 is 12.0 Å². The highest BCUT2D eigenvalue weighted by molar-refractivity contribution is 7.22. The summed E-state index contributed by atoms with van der Waals surface area (Å²) in [7, 11) is 3.13. The van der Waals surface area contributed by atoms with E-state index in [2.05, 4.69) is 25.6 Å². The summed E-state index contributed by atoms with van der Waals surface area (Å²) in [6.07, 6.45) is 4.62. The van der Waals surface area contributed by atoms with Gasteiger partial charge in [-0.2, -0.15) is 0 Å². The number of fused-ring (bicyclic) bond motifs is 1. The third-order valence-corrected chi connectivity index (χ3v) is 7.90. The van der Waals surface area contributed by atoms with E-state index in [9.17, 15) is 14.7 Å². The lowest BCUT2D eigenvalue weighted by Crippen LogP contribution is -2.44. The smallest absolute Gasteiger partial charge is 0.321 e. The van der Waals surface area contributed by atoms with Crippen molar-refractivity contribution in [1.82, 2.24) is 20.3 Å². The van der Waals surface area contributed by atoms with Crippen LogP contribution in [0.25, 0.3) is 21.3 Å². The molecule has 0 spiro atoms. The Balaban J connectivity index is 1.61. The number of carboxylic acid groups (broad SMARTS) is 1. The number of anilines is 2. The third-order valence-electron chi connectivity index (χ3n) is 6.86. The molecule has 0 aliphatic carbocycles. The molecule has 1 aliphatic rings. The predicted molar refractivity (Wildman–Crippen MR) is 142 cm³/mol. The second-order valence-corrected chi connectivity index (χ2v) is 9.92. The van der Waals surface area contributed by atoms with Gasteiger partial charge in [0.2, 0.25) is 5.95 Å². The van der Waals surface area contributed by atoms with Gasteiger partial charge in [0.25, 0.3) is 0 Å². The van der Waals surface area contributed by atoms with E-state index in [4.69, 9.17) is 9.47 Å². The Morgan fingerprint density at radius 3 is 2.38 bits per heavy atom. The number of rotatable bonds is 9. The van der Waals surface area contributed by atoms with Crippen molar-refractivity contribution >= 4 is 44.6 Å². The number of carbonyl (C=O) groups is 2. The minimum Gasteiger partial charge on any atom is -0.481 e. The second-order valence-electron chi connectivity index (χ2n) is 8.92. The van der Waals surface area contributed by atoms with Gasteiger partial charge in [-0.1, -0.05) is 18.3 Å². The van der Waals surface area contributed by atoms with Crippen LogP contribution in [-0.2, 0) is 14.3 Å². The second kappa shape index (κ2) is 11.4. The zero-order valence-corrected chi connectivity index (χ0v) is 22.2. The first kappa shape index (κ1) is 26.7. The number of methoxy groups -OCH3 is 2. The van der Waals surface area contributed by atoms with Gasteiger partial charge in [-0.15, -0.1) is 0 Å². The fourth-order valence-corrected chi connectivity index (χ4v) is 5.56. The summed E-state index contributed by atoms with van der Waals surface area (Å²) in [5.41, 5.74) is 2.42. The first-order chi connectivity index (χ1) is 17.8. The number of hydrogen-bond acceptors (Lipinski definition) is 9. The molecule has 1 fully saturated rings. The Morgan fingerprint density at radius 1 is 1.14 bits per heavy atom. The van der Waals surface area contributed by atoms with Gasteiger partial charge in [-0.3, -0.25) is 10.1 Å². The van der Waals surface area contributed by atoms with E-state index in [-0.39, 0.29) is 6.03 Å². The number of carbonyl (C=O) groups excluding carboxylic acids is 1. The minimum absolute atomic E-state index is 0.320. The Morgan fingerprint density at radius 2 is 1.81 bits per heavy atom. The average molecular weight is 529 g/mol. The van der Waals surface area contributed by atoms with Crippen LogP contribution in [0, 0.1) is 5.41 Å². The van der Waals surface area contributed by atoms with Crippen LogP contribution in [0.2, 0.25) is 0 Å². The maximum atomic E-state index is 12.0. The number of nitrogens with zero attached hydrogens (tertiary/aromatic N) is 4. The first-order valence-electron chi connectivity index (χ1n) is 12.2. The molecule has 4 rings (SSSR count). The van der Waals surface area contributed by atoms with Gasteiger partial charge in [0, 0.05) is 57.4 Å². The number of carboxylic acids is 1. The Kier molecular flexibility index (Phi) is 8.20. The number of hydrogen-bond donors (Lipinski definition) is 3. The van der Waals surface area contributed by atoms with Crippen LogP contribution in [-0.4, -0.2) is 65.9 Å². The Labute approximate surface area is 219 Å². The summed E-state index contributed by atoms with van der Waals surface area (Å²) in [5, 5.41) is 15.6. The van der Waals surface area contributed by atoms with E-state index in [1.165, 1.54) is 11.3 Å². The van der Waals surface area contributed by atoms with Crippen LogP contribution in [0.4, 0.5) is 15.9 Å². The Bertz CT molecular complexity index is 1250. The van der Waals surface area contributed by atoms with Gasteiger partial charge in [0.15, 0.2) is 11.4 Å². The van der Waals surface area contributed by atoms with E-state index in [0.29, 0.717) is 55.5 Å². The molecule has 0 saturated carbocycles. The zero-order chi connectivity index (χ0) is 26.6. The molecule has 12 heteroatoms.